The first-order valence-corrected chi connectivity index (χ1v) is 8.24. The highest BCUT2D eigenvalue weighted by atomic mass is 16.5. The first kappa shape index (κ1) is 14.4. The molecular weight excluding hydrogens is 286 g/mol. The zero-order chi connectivity index (χ0) is 15.6. The van der Waals surface area contributed by atoms with Gasteiger partial charge in [0.2, 0.25) is 0 Å². The smallest absolute Gasteiger partial charge is 0.119 e. The first-order chi connectivity index (χ1) is 11.4. The van der Waals surface area contributed by atoms with Crippen molar-refractivity contribution < 1.29 is 4.74 Å². The van der Waals surface area contributed by atoms with Crippen LogP contribution in [0.4, 0.5) is 0 Å². The van der Waals surface area contributed by atoms with Crippen LogP contribution in [-0.2, 0) is 6.54 Å². The number of aromatic nitrogens is 1. The summed E-state index contributed by atoms with van der Waals surface area (Å²) in [4.78, 5) is 9.42. The molecule has 0 atom stereocenters. The number of hydrogen-bond acceptors (Lipinski definition) is 4. The molecule has 0 bridgehead atoms. The van der Waals surface area contributed by atoms with Crippen molar-refractivity contribution in [3.05, 3.63) is 47.8 Å². The van der Waals surface area contributed by atoms with Gasteiger partial charge in [0.05, 0.1) is 19.3 Å². The highest BCUT2D eigenvalue weighted by molar-refractivity contribution is 6.09. The van der Waals surface area contributed by atoms with Gasteiger partial charge in [-0.3, -0.25) is 9.98 Å². The Kier molecular flexibility index (Phi) is 3.83. The lowest BCUT2D eigenvalue weighted by atomic mass is 9.86. The molecular formula is C19H21N3O. The summed E-state index contributed by atoms with van der Waals surface area (Å²) in [5, 5.41) is 3.44. The fourth-order valence-corrected chi connectivity index (χ4v) is 3.61. The molecule has 0 unspecified atom stereocenters. The lowest BCUT2D eigenvalue weighted by Gasteiger charge is -2.24. The Hall–Kier alpha value is -2.20. The van der Waals surface area contributed by atoms with Crippen molar-refractivity contribution in [2.75, 3.05) is 20.2 Å². The molecule has 1 aromatic carbocycles. The quantitative estimate of drug-likeness (QED) is 0.948. The van der Waals surface area contributed by atoms with Crippen LogP contribution >= 0.6 is 0 Å². The van der Waals surface area contributed by atoms with Crippen molar-refractivity contribution in [2.45, 2.75) is 19.4 Å². The fourth-order valence-electron chi connectivity index (χ4n) is 3.61. The number of ether oxygens (including phenoxy) is 1. The third-order valence-electron chi connectivity index (χ3n) is 4.79. The van der Waals surface area contributed by atoms with Crippen LogP contribution in [0.3, 0.4) is 0 Å². The Balaban J connectivity index is 1.78. The van der Waals surface area contributed by atoms with E-state index in [4.69, 9.17) is 9.73 Å². The number of aliphatic imine (C=N–C) groups is 1. The van der Waals surface area contributed by atoms with Gasteiger partial charge in [-0.2, -0.15) is 0 Å². The fraction of sp³-hybridized carbons (Fsp3) is 0.368. The summed E-state index contributed by atoms with van der Waals surface area (Å²) in [7, 11) is 1.71. The molecule has 0 amide bonds. The number of hydrogen-bond donors (Lipinski definition) is 1. The standard InChI is InChI=1S/C19H21N3O/c1-23-15-4-2-3-14(11-15)16-7-10-21-17-12-22-19(18(16)17)13-5-8-20-9-6-13/h2-4,7,10-11,13,20H,5-6,8-9,12H2,1H3. The SMILES string of the molecule is COc1cccc(-c2ccnc3c2C(C2CCNCC2)=NC3)c1. The van der Waals surface area contributed by atoms with Crippen LogP contribution < -0.4 is 10.1 Å². The van der Waals surface area contributed by atoms with Crippen molar-refractivity contribution in [2.24, 2.45) is 10.9 Å². The van der Waals surface area contributed by atoms with E-state index in [2.05, 4.69) is 28.5 Å². The average Bonchev–Trinajstić information content (AvgIpc) is 3.06. The summed E-state index contributed by atoms with van der Waals surface area (Å²) in [6, 6.07) is 10.4. The van der Waals surface area contributed by atoms with Crippen molar-refractivity contribution in [3.8, 4) is 16.9 Å². The molecule has 0 spiro atoms. The normalized spacial score (nSPS) is 17.7. The summed E-state index contributed by atoms with van der Waals surface area (Å²) < 4.78 is 5.38. The topological polar surface area (TPSA) is 46.5 Å². The predicted octanol–water partition coefficient (Wildman–Crippen LogP) is 3.06. The minimum absolute atomic E-state index is 0.547. The van der Waals surface area contributed by atoms with Gasteiger partial charge in [0.1, 0.15) is 5.75 Å². The number of fused-ring (bicyclic) bond motifs is 1. The molecule has 1 fully saturated rings. The van der Waals surface area contributed by atoms with E-state index < -0.39 is 0 Å². The largest absolute Gasteiger partial charge is 0.497 e. The second kappa shape index (κ2) is 6.13. The maximum atomic E-state index is 5.38. The monoisotopic (exact) mass is 307 g/mol. The molecule has 23 heavy (non-hydrogen) atoms. The molecule has 2 aliphatic rings. The van der Waals surface area contributed by atoms with Gasteiger partial charge in [-0.15, -0.1) is 0 Å². The lowest BCUT2D eigenvalue weighted by molar-refractivity contribution is 0.415. The molecule has 2 aliphatic heterocycles. The Labute approximate surface area is 136 Å². The van der Waals surface area contributed by atoms with Gasteiger partial charge in [-0.05, 0) is 55.3 Å². The first-order valence-electron chi connectivity index (χ1n) is 8.24. The molecule has 0 radical (unpaired) electrons. The molecule has 1 aromatic heterocycles. The van der Waals surface area contributed by atoms with E-state index in [9.17, 15) is 0 Å². The highest BCUT2D eigenvalue weighted by Gasteiger charge is 2.28. The van der Waals surface area contributed by atoms with E-state index in [0.29, 0.717) is 12.5 Å². The number of nitrogens with zero attached hydrogens (tertiary/aromatic N) is 2. The van der Waals surface area contributed by atoms with Gasteiger partial charge in [-0.1, -0.05) is 12.1 Å². The molecule has 4 heteroatoms. The van der Waals surface area contributed by atoms with Crippen molar-refractivity contribution in [1.29, 1.82) is 0 Å². The van der Waals surface area contributed by atoms with Crippen LogP contribution in [0.2, 0.25) is 0 Å². The summed E-state index contributed by atoms with van der Waals surface area (Å²) in [5.74, 6) is 1.43. The van der Waals surface area contributed by atoms with Gasteiger partial charge in [-0.25, -0.2) is 0 Å². The van der Waals surface area contributed by atoms with Crippen LogP contribution in [0, 0.1) is 5.92 Å². The van der Waals surface area contributed by atoms with E-state index in [1.165, 1.54) is 22.4 Å². The number of benzene rings is 1. The van der Waals surface area contributed by atoms with E-state index in [1.54, 1.807) is 7.11 Å². The van der Waals surface area contributed by atoms with Crippen molar-refractivity contribution in [1.82, 2.24) is 10.3 Å². The third kappa shape index (κ3) is 2.63. The van der Waals surface area contributed by atoms with Crippen LogP contribution in [0.5, 0.6) is 5.75 Å². The molecule has 0 saturated carbocycles. The van der Waals surface area contributed by atoms with E-state index >= 15 is 0 Å². The van der Waals surface area contributed by atoms with Gasteiger partial charge in [0.15, 0.2) is 0 Å². The minimum Gasteiger partial charge on any atom is -0.497 e. The molecule has 1 saturated heterocycles. The second-order valence-electron chi connectivity index (χ2n) is 6.14. The summed E-state index contributed by atoms with van der Waals surface area (Å²) >= 11 is 0. The van der Waals surface area contributed by atoms with E-state index in [1.807, 2.05) is 18.3 Å². The van der Waals surface area contributed by atoms with E-state index in [-0.39, 0.29) is 0 Å². The summed E-state index contributed by atoms with van der Waals surface area (Å²) in [5.41, 5.74) is 6.02. The maximum Gasteiger partial charge on any atom is 0.119 e. The average molecular weight is 307 g/mol. The second-order valence-corrected chi connectivity index (χ2v) is 6.14. The van der Waals surface area contributed by atoms with Crippen LogP contribution in [-0.4, -0.2) is 30.9 Å². The molecule has 118 valence electrons. The molecule has 0 aliphatic carbocycles. The lowest BCUT2D eigenvalue weighted by Crippen LogP contribution is -2.32. The molecule has 2 aromatic rings. The van der Waals surface area contributed by atoms with Crippen molar-refractivity contribution in [3.63, 3.8) is 0 Å². The van der Waals surface area contributed by atoms with E-state index in [0.717, 1.165) is 37.4 Å². The predicted molar refractivity (Wildman–Crippen MR) is 92.1 cm³/mol. The van der Waals surface area contributed by atoms with Crippen LogP contribution in [0.1, 0.15) is 24.1 Å². The van der Waals surface area contributed by atoms with Gasteiger partial charge >= 0.3 is 0 Å². The Bertz CT molecular complexity index is 748. The summed E-state index contributed by atoms with van der Waals surface area (Å²) in [6.45, 7) is 2.87. The van der Waals surface area contributed by atoms with Crippen LogP contribution in [0.15, 0.2) is 41.5 Å². The number of methoxy groups -OCH3 is 1. The Morgan fingerprint density at radius 2 is 2.04 bits per heavy atom. The van der Waals surface area contributed by atoms with Gasteiger partial charge in [0, 0.05) is 23.4 Å². The number of rotatable bonds is 3. The highest BCUT2D eigenvalue weighted by Crippen LogP contribution is 2.34. The number of pyridine rings is 1. The zero-order valence-corrected chi connectivity index (χ0v) is 13.4. The molecule has 3 heterocycles. The molecule has 1 N–H and O–H groups in total. The van der Waals surface area contributed by atoms with Gasteiger partial charge < -0.3 is 10.1 Å². The molecule has 4 nitrogen and oxygen atoms in total. The summed E-state index contributed by atoms with van der Waals surface area (Å²) in [6.07, 6.45) is 4.21. The third-order valence-corrected chi connectivity index (χ3v) is 4.79. The Morgan fingerprint density at radius 1 is 1.17 bits per heavy atom. The number of piperidine rings is 1. The van der Waals surface area contributed by atoms with Crippen LogP contribution in [0.25, 0.3) is 11.1 Å². The molecule has 4 rings (SSSR count). The number of nitrogens with one attached hydrogen (secondary N) is 1. The van der Waals surface area contributed by atoms with Crippen molar-refractivity contribution >= 4 is 5.71 Å². The van der Waals surface area contributed by atoms with Gasteiger partial charge in [0.25, 0.3) is 0 Å². The maximum absolute atomic E-state index is 5.38. The Morgan fingerprint density at radius 3 is 2.87 bits per heavy atom. The zero-order valence-electron chi connectivity index (χ0n) is 13.4. The minimum atomic E-state index is 0.547.